The van der Waals surface area contributed by atoms with Crippen molar-refractivity contribution in [2.75, 3.05) is 20.1 Å². The maximum atomic E-state index is 13.0. The van der Waals surface area contributed by atoms with Crippen LogP contribution >= 0.6 is 0 Å². The van der Waals surface area contributed by atoms with Crippen molar-refractivity contribution in [1.82, 2.24) is 20.4 Å². The van der Waals surface area contributed by atoms with Crippen LogP contribution in [0.5, 0.6) is 0 Å². The summed E-state index contributed by atoms with van der Waals surface area (Å²) in [5.74, 6) is 0.0629. The van der Waals surface area contributed by atoms with E-state index in [-0.39, 0.29) is 29.7 Å². The van der Waals surface area contributed by atoms with Crippen LogP contribution in [-0.2, 0) is 22.7 Å². The Bertz CT molecular complexity index is 881. The minimum absolute atomic E-state index is 0.0996. The normalized spacial score (nSPS) is 31.4. The van der Waals surface area contributed by atoms with Crippen molar-refractivity contribution in [3.8, 4) is 0 Å². The quantitative estimate of drug-likeness (QED) is 0.743. The molecule has 2 saturated heterocycles. The number of amides is 3. The Morgan fingerprint density at radius 2 is 2.10 bits per heavy atom. The van der Waals surface area contributed by atoms with Crippen molar-refractivity contribution in [3.63, 3.8) is 0 Å². The molecule has 1 aliphatic carbocycles. The maximum Gasteiger partial charge on any atom is 0.255 e. The fourth-order valence-corrected chi connectivity index (χ4v) is 5.76. The Morgan fingerprint density at radius 3 is 2.93 bits per heavy atom. The molecular formula is C22H28N4O3. The summed E-state index contributed by atoms with van der Waals surface area (Å²) in [6.45, 7) is 3.40. The third-order valence-electron chi connectivity index (χ3n) is 7.47. The van der Waals surface area contributed by atoms with Gasteiger partial charge in [-0.15, -0.1) is 0 Å². The summed E-state index contributed by atoms with van der Waals surface area (Å²) in [6, 6.07) is 5.35. The van der Waals surface area contributed by atoms with Gasteiger partial charge in [0.2, 0.25) is 11.8 Å². The highest BCUT2D eigenvalue weighted by Gasteiger charge is 2.45. The second-order valence-corrected chi connectivity index (χ2v) is 9.16. The monoisotopic (exact) mass is 396 g/mol. The number of imide groups is 1. The lowest BCUT2D eigenvalue weighted by Crippen LogP contribution is -2.54. The van der Waals surface area contributed by atoms with E-state index in [4.69, 9.17) is 0 Å². The smallest absolute Gasteiger partial charge is 0.255 e. The maximum absolute atomic E-state index is 13.0. The molecule has 3 atom stereocenters. The zero-order chi connectivity index (χ0) is 20.2. The summed E-state index contributed by atoms with van der Waals surface area (Å²) in [7, 11) is 2.20. The topological polar surface area (TPSA) is 81.8 Å². The van der Waals surface area contributed by atoms with Crippen molar-refractivity contribution < 1.29 is 14.4 Å². The van der Waals surface area contributed by atoms with Crippen LogP contribution in [0.3, 0.4) is 0 Å². The van der Waals surface area contributed by atoms with Gasteiger partial charge in [0, 0.05) is 37.2 Å². The van der Waals surface area contributed by atoms with Crippen molar-refractivity contribution in [3.05, 3.63) is 34.9 Å². The van der Waals surface area contributed by atoms with E-state index in [0.717, 1.165) is 36.7 Å². The molecule has 5 rings (SSSR count). The summed E-state index contributed by atoms with van der Waals surface area (Å²) >= 11 is 0. The Hall–Kier alpha value is -2.25. The number of piperidine rings is 2. The lowest BCUT2D eigenvalue weighted by molar-refractivity contribution is -0.136. The van der Waals surface area contributed by atoms with Gasteiger partial charge >= 0.3 is 0 Å². The number of fused-ring (bicyclic) bond motifs is 3. The largest absolute Gasteiger partial charge is 0.322 e. The lowest BCUT2D eigenvalue weighted by Gasteiger charge is -2.42. The molecule has 2 bridgehead atoms. The second kappa shape index (κ2) is 6.92. The Balaban J connectivity index is 1.37. The number of hydrogen-bond acceptors (Lipinski definition) is 5. The molecule has 154 valence electrons. The van der Waals surface area contributed by atoms with E-state index in [0.29, 0.717) is 18.5 Å². The van der Waals surface area contributed by atoms with Gasteiger partial charge in [-0.05, 0) is 62.4 Å². The number of carbonyl (C=O) groups excluding carboxylic acids is 3. The number of rotatable bonds is 4. The number of nitrogens with zero attached hydrogens (tertiary/aromatic N) is 2. The molecule has 1 aromatic rings. The number of carbonyl (C=O) groups is 3. The first-order valence-corrected chi connectivity index (χ1v) is 10.6. The van der Waals surface area contributed by atoms with Gasteiger partial charge in [-0.1, -0.05) is 12.1 Å². The summed E-state index contributed by atoms with van der Waals surface area (Å²) < 4.78 is 0. The fraction of sp³-hybridized carbons (Fsp3) is 0.591. The minimum Gasteiger partial charge on any atom is -0.322 e. The van der Waals surface area contributed by atoms with Crippen LogP contribution in [0, 0.1) is 5.92 Å². The fourth-order valence-electron chi connectivity index (χ4n) is 5.76. The molecule has 3 fully saturated rings. The summed E-state index contributed by atoms with van der Waals surface area (Å²) in [5, 5.41) is 5.97. The van der Waals surface area contributed by atoms with Gasteiger partial charge in [0.05, 0.1) is 0 Å². The summed E-state index contributed by atoms with van der Waals surface area (Å²) in [6.07, 6.45) is 4.43. The molecule has 3 unspecified atom stereocenters. The molecule has 4 aliphatic rings. The van der Waals surface area contributed by atoms with E-state index in [9.17, 15) is 14.4 Å². The first kappa shape index (κ1) is 18.8. The van der Waals surface area contributed by atoms with E-state index >= 15 is 0 Å². The molecule has 3 amide bonds. The highest BCUT2D eigenvalue weighted by Crippen LogP contribution is 2.41. The predicted molar refractivity (Wildman–Crippen MR) is 107 cm³/mol. The van der Waals surface area contributed by atoms with Crippen LogP contribution in [0.2, 0.25) is 0 Å². The van der Waals surface area contributed by atoms with Crippen LogP contribution < -0.4 is 10.6 Å². The first-order valence-electron chi connectivity index (χ1n) is 10.6. The van der Waals surface area contributed by atoms with Gasteiger partial charge in [0.15, 0.2) is 0 Å². The van der Waals surface area contributed by atoms with Gasteiger partial charge in [0.25, 0.3) is 5.91 Å². The number of hydrogen-bond donors (Lipinski definition) is 2. The van der Waals surface area contributed by atoms with Crippen molar-refractivity contribution >= 4 is 17.7 Å². The van der Waals surface area contributed by atoms with Crippen LogP contribution in [0.1, 0.15) is 53.6 Å². The van der Waals surface area contributed by atoms with Crippen LogP contribution in [-0.4, -0.2) is 59.2 Å². The van der Waals surface area contributed by atoms with E-state index < -0.39 is 6.04 Å². The Labute approximate surface area is 170 Å². The van der Waals surface area contributed by atoms with E-state index in [1.807, 2.05) is 12.1 Å². The van der Waals surface area contributed by atoms with Gasteiger partial charge in [-0.25, -0.2) is 0 Å². The van der Waals surface area contributed by atoms with Gasteiger partial charge < -0.3 is 10.2 Å². The highest BCUT2D eigenvalue weighted by atomic mass is 16.2. The standard InChI is InChI=1S/C22H28N4O3/c1-25(22-8-7-14(9-22)10-23-13-22)11-15-3-2-4-16-17(15)12-26(21(16)29)18-5-6-19(27)24-20(18)28/h2-4,14,18,23H,5-13H2,1H3,(H,24,27,28). The van der Waals surface area contributed by atoms with Crippen molar-refractivity contribution in [2.45, 2.75) is 56.8 Å². The zero-order valence-electron chi connectivity index (χ0n) is 16.9. The first-order chi connectivity index (χ1) is 14.0. The molecule has 2 N–H and O–H groups in total. The minimum atomic E-state index is -0.560. The zero-order valence-corrected chi connectivity index (χ0v) is 16.9. The van der Waals surface area contributed by atoms with Crippen molar-refractivity contribution in [2.24, 2.45) is 5.92 Å². The number of likely N-dealkylation sites (N-methyl/N-ethyl adjacent to an activating group) is 1. The van der Waals surface area contributed by atoms with E-state index in [1.54, 1.807) is 4.90 Å². The van der Waals surface area contributed by atoms with Gasteiger partial charge in [-0.3, -0.25) is 24.6 Å². The molecule has 3 heterocycles. The van der Waals surface area contributed by atoms with Crippen LogP contribution in [0.15, 0.2) is 18.2 Å². The lowest BCUT2D eigenvalue weighted by atomic mass is 9.90. The van der Waals surface area contributed by atoms with Crippen molar-refractivity contribution in [1.29, 1.82) is 0 Å². The molecule has 0 radical (unpaired) electrons. The molecular weight excluding hydrogens is 368 g/mol. The third kappa shape index (κ3) is 3.07. The molecule has 0 spiro atoms. The molecule has 7 heteroatoms. The van der Waals surface area contributed by atoms with Crippen LogP contribution in [0.25, 0.3) is 0 Å². The van der Waals surface area contributed by atoms with Gasteiger partial charge in [-0.2, -0.15) is 0 Å². The molecule has 7 nitrogen and oxygen atoms in total. The van der Waals surface area contributed by atoms with E-state index in [2.05, 4.69) is 28.6 Å². The molecule has 1 saturated carbocycles. The van der Waals surface area contributed by atoms with E-state index in [1.165, 1.54) is 19.3 Å². The predicted octanol–water partition coefficient (Wildman–Crippen LogP) is 1.02. The van der Waals surface area contributed by atoms with Crippen LogP contribution in [0.4, 0.5) is 0 Å². The number of nitrogens with one attached hydrogen (secondary N) is 2. The highest BCUT2D eigenvalue weighted by molar-refractivity contribution is 6.05. The average molecular weight is 396 g/mol. The molecule has 3 aliphatic heterocycles. The Kier molecular flexibility index (Phi) is 4.47. The third-order valence-corrected chi connectivity index (χ3v) is 7.47. The average Bonchev–Trinajstić information content (AvgIpc) is 3.20. The molecule has 0 aromatic heterocycles. The SMILES string of the molecule is CN(Cc1cccc2c1CN(C1CCC(=O)NC1=O)C2=O)C12CCC(CNC1)C2. The Morgan fingerprint density at radius 1 is 1.24 bits per heavy atom. The molecule has 1 aromatic carbocycles. The summed E-state index contributed by atoms with van der Waals surface area (Å²) in [5.41, 5.74) is 3.10. The molecule has 29 heavy (non-hydrogen) atoms. The summed E-state index contributed by atoms with van der Waals surface area (Å²) in [4.78, 5) is 40.9. The van der Waals surface area contributed by atoms with Gasteiger partial charge in [0.1, 0.15) is 6.04 Å². The number of benzene rings is 1. The second-order valence-electron chi connectivity index (χ2n) is 9.16.